The lowest BCUT2D eigenvalue weighted by atomic mass is 10.1. The lowest BCUT2D eigenvalue weighted by Gasteiger charge is -2.14. The number of aryl methyl sites for hydroxylation is 1. The van der Waals surface area contributed by atoms with Crippen molar-refractivity contribution in [1.29, 1.82) is 0 Å². The van der Waals surface area contributed by atoms with Gasteiger partial charge in [0.05, 0.1) is 5.69 Å². The number of nitrogens with zero attached hydrogens (tertiary/aromatic N) is 2. The number of rotatable bonds is 5. The van der Waals surface area contributed by atoms with Crippen LogP contribution in [0.15, 0.2) is 53.9 Å². The van der Waals surface area contributed by atoms with E-state index in [9.17, 15) is 9.59 Å². The highest BCUT2D eigenvalue weighted by Gasteiger charge is 2.22. The molecule has 3 aromatic rings. The van der Waals surface area contributed by atoms with E-state index in [0.717, 1.165) is 41.0 Å². The third-order valence-corrected chi connectivity index (χ3v) is 5.64. The molecule has 0 saturated carbocycles. The minimum absolute atomic E-state index is 0.0317. The molecule has 0 atom stereocenters. The molecular weight excluding hydrogens is 370 g/mol. The quantitative estimate of drug-likeness (QED) is 0.706. The largest absolute Gasteiger partial charge is 0.312 e. The van der Waals surface area contributed by atoms with Gasteiger partial charge in [-0.15, -0.1) is 11.3 Å². The number of amides is 2. The van der Waals surface area contributed by atoms with Crippen LogP contribution in [0, 0.1) is 0 Å². The van der Waals surface area contributed by atoms with Gasteiger partial charge in [-0.1, -0.05) is 36.4 Å². The van der Waals surface area contributed by atoms with E-state index in [4.69, 9.17) is 0 Å². The maximum Gasteiger partial charge on any atom is 0.226 e. The zero-order valence-corrected chi connectivity index (χ0v) is 16.5. The average molecular weight is 391 g/mol. The summed E-state index contributed by atoms with van der Waals surface area (Å²) in [4.78, 5) is 30.3. The predicted molar refractivity (Wildman–Crippen MR) is 113 cm³/mol. The Hall–Kier alpha value is -2.99. The van der Waals surface area contributed by atoms with Crippen LogP contribution in [0.25, 0.3) is 11.3 Å². The van der Waals surface area contributed by atoms with E-state index in [1.807, 2.05) is 47.8 Å². The van der Waals surface area contributed by atoms with Crippen LogP contribution in [0.3, 0.4) is 0 Å². The molecule has 4 rings (SSSR count). The number of nitrogens with one attached hydrogen (secondary N) is 1. The van der Waals surface area contributed by atoms with E-state index in [1.54, 1.807) is 11.8 Å². The zero-order valence-electron chi connectivity index (χ0n) is 15.6. The second-order valence-corrected chi connectivity index (χ2v) is 7.69. The van der Waals surface area contributed by atoms with Gasteiger partial charge in [0.1, 0.15) is 0 Å². The fourth-order valence-electron chi connectivity index (χ4n) is 3.44. The van der Waals surface area contributed by atoms with Crippen molar-refractivity contribution in [3.8, 4) is 11.3 Å². The molecule has 1 aliphatic heterocycles. The summed E-state index contributed by atoms with van der Waals surface area (Å²) in [5.74, 6) is 0.0384. The van der Waals surface area contributed by atoms with E-state index >= 15 is 0 Å². The van der Waals surface area contributed by atoms with Gasteiger partial charge in [-0.3, -0.25) is 9.59 Å². The maximum atomic E-state index is 12.2. The lowest BCUT2D eigenvalue weighted by Crippen LogP contribution is -2.25. The zero-order chi connectivity index (χ0) is 19.5. The monoisotopic (exact) mass is 391 g/mol. The van der Waals surface area contributed by atoms with Crippen molar-refractivity contribution in [3.05, 3.63) is 65.0 Å². The summed E-state index contributed by atoms with van der Waals surface area (Å²) >= 11 is 1.43. The average Bonchev–Trinajstić information content (AvgIpc) is 3.33. The van der Waals surface area contributed by atoms with Gasteiger partial charge in [0, 0.05) is 36.5 Å². The van der Waals surface area contributed by atoms with Crippen molar-refractivity contribution in [3.63, 3.8) is 0 Å². The molecule has 142 valence electrons. The first kappa shape index (κ1) is 18.4. The molecule has 6 heteroatoms. The first-order chi connectivity index (χ1) is 13.6. The first-order valence-corrected chi connectivity index (χ1v) is 10.2. The highest BCUT2D eigenvalue weighted by atomic mass is 32.1. The van der Waals surface area contributed by atoms with Gasteiger partial charge in [-0.25, -0.2) is 4.98 Å². The molecule has 0 aliphatic carbocycles. The number of hydrogen-bond donors (Lipinski definition) is 1. The third-order valence-electron chi connectivity index (χ3n) is 4.89. The molecule has 1 aliphatic rings. The Morgan fingerprint density at radius 3 is 2.79 bits per heavy atom. The van der Waals surface area contributed by atoms with Crippen molar-refractivity contribution >= 4 is 34.0 Å². The van der Waals surface area contributed by atoms with Gasteiger partial charge in [-0.2, -0.15) is 0 Å². The molecule has 2 heterocycles. The van der Waals surface area contributed by atoms with Crippen LogP contribution in [0.1, 0.15) is 24.5 Å². The van der Waals surface area contributed by atoms with Gasteiger partial charge < -0.3 is 10.2 Å². The number of fused-ring (bicyclic) bond motifs is 1. The van der Waals surface area contributed by atoms with Crippen LogP contribution in [0.2, 0.25) is 0 Å². The van der Waals surface area contributed by atoms with E-state index in [0.29, 0.717) is 18.0 Å². The second-order valence-electron chi connectivity index (χ2n) is 6.84. The van der Waals surface area contributed by atoms with Crippen LogP contribution in [-0.4, -0.2) is 23.3 Å². The molecule has 28 heavy (non-hydrogen) atoms. The van der Waals surface area contributed by atoms with E-state index in [2.05, 4.69) is 16.4 Å². The fraction of sp³-hybridized carbons (Fsp3) is 0.227. The molecule has 2 aromatic carbocycles. The Morgan fingerprint density at radius 1 is 1.18 bits per heavy atom. The van der Waals surface area contributed by atoms with Gasteiger partial charge >= 0.3 is 0 Å². The second kappa shape index (κ2) is 7.94. The Labute approximate surface area is 168 Å². The number of carbonyl (C=O) groups excluding carboxylic acids is 2. The molecular formula is C22H21N3O2S. The minimum atomic E-state index is -0.0317. The molecule has 2 amide bonds. The molecule has 1 N–H and O–H groups in total. The Morgan fingerprint density at radius 2 is 2.00 bits per heavy atom. The maximum absolute atomic E-state index is 12.2. The van der Waals surface area contributed by atoms with Gasteiger partial charge in [0.15, 0.2) is 5.13 Å². The molecule has 0 saturated heterocycles. The standard InChI is InChI=1S/C22H21N3O2S/c1-15(26)25-12-11-18-13-17(8-9-20(18)25)19-14-28-22(23-19)24-21(27)10-7-16-5-3-2-4-6-16/h2-6,8-9,13-14H,7,10-12H2,1H3,(H,23,24,27). The number of carbonyl (C=O) groups is 2. The van der Waals surface area contributed by atoms with Gasteiger partial charge in [0.2, 0.25) is 11.8 Å². The summed E-state index contributed by atoms with van der Waals surface area (Å²) in [5, 5.41) is 5.45. The Balaban J connectivity index is 1.41. The third kappa shape index (κ3) is 3.97. The van der Waals surface area contributed by atoms with Gasteiger partial charge in [-0.05, 0) is 36.1 Å². The number of benzene rings is 2. The van der Waals surface area contributed by atoms with Crippen molar-refractivity contribution in [2.45, 2.75) is 26.2 Å². The fourth-order valence-corrected chi connectivity index (χ4v) is 4.17. The number of anilines is 2. The van der Waals surface area contributed by atoms with Crippen LogP contribution in [0.4, 0.5) is 10.8 Å². The topological polar surface area (TPSA) is 62.3 Å². The van der Waals surface area contributed by atoms with Crippen LogP contribution < -0.4 is 10.2 Å². The smallest absolute Gasteiger partial charge is 0.226 e. The molecule has 0 radical (unpaired) electrons. The summed E-state index contributed by atoms with van der Waals surface area (Å²) in [6.45, 7) is 2.32. The van der Waals surface area contributed by atoms with Crippen LogP contribution >= 0.6 is 11.3 Å². The van der Waals surface area contributed by atoms with Crippen LogP contribution in [-0.2, 0) is 22.4 Å². The highest BCUT2D eigenvalue weighted by molar-refractivity contribution is 7.14. The summed E-state index contributed by atoms with van der Waals surface area (Å²) in [7, 11) is 0. The Bertz CT molecular complexity index is 1010. The minimum Gasteiger partial charge on any atom is -0.312 e. The van der Waals surface area contributed by atoms with Crippen molar-refractivity contribution in [1.82, 2.24) is 4.98 Å². The normalized spacial score (nSPS) is 12.7. The van der Waals surface area contributed by atoms with Crippen LogP contribution in [0.5, 0.6) is 0 Å². The molecule has 0 fully saturated rings. The lowest BCUT2D eigenvalue weighted by molar-refractivity contribution is -0.117. The summed E-state index contributed by atoms with van der Waals surface area (Å²) < 4.78 is 0. The summed E-state index contributed by atoms with van der Waals surface area (Å²) in [6.07, 6.45) is 2.00. The molecule has 0 unspecified atom stereocenters. The summed E-state index contributed by atoms with van der Waals surface area (Å²) in [5.41, 5.74) is 5.14. The first-order valence-electron chi connectivity index (χ1n) is 9.31. The van der Waals surface area contributed by atoms with Crippen molar-refractivity contribution < 1.29 is 9.59 Å². The highest BCUT2D eigenvalue weighted by Crippen LogP contribution is 2.33. The predicted octanol–water partition coefficient (Wildman–Crippen LogP) is 4.29. The number of hydrogen-bond acceptors (Lipinski definition) is 4. The SMILES string of the molecule is CC(=O)N1CCc2cc(-c3csc(NC(=O)CCc4ccccc4)n3)ccc21. The molecule has 5 nitrogen and oxygen atoms in total. The molecule has 0 spiro atoms. The summed E-state index contributed by atoms with van der Waals surface area (Å²) in [6, 6.07) is 16.0. The van der Waals surface area contributed by atoms with Gasteiger partial charge in [0.25, 0.3) is 0 Å². The van der Waals surface area contributed by atoms with E-state index in [-0.39, 0.29) is 11.8 Å². The van der Waals surface area contributed by atoms with E-state index in [1.165, 1.54) is 11.3 Å². The van der Waals surface area contributed by atoms with Crippen molar-refractivity contribution in [2.24, 2.45) is 0 Å². The Kier molecular flexibility index (Phi) is 5.21. The van der Waals surface area contributed by atoms with Crippen molar-refractivity contribution in [2.75, 3.05) is 16.8 Å². The van der Waals surface area contributed by atoms with E-state index < -0.39 is 0 Å². The number of thiazole rings is 1. The molecule has 1 aromatic heterocycles. The number of aromatic nitrogens is 1. The molecule has 0 bridgehead atoms.